The third-order valence-electron chi connectivity index (χ3n) is 5.08. The molecular weight excluding hydrogens is 616 g/mol. The Morgan fingerprint density at radius 2 is 0.900 bits per heavy atom. The number of benzene rings is 1. The monoisotopic (exact) mass is 632 g/mol. The second kappa shape index (κ2) is 11.2. The molecule has 0 atom stereocenters. The number of carbonyl (C=O) groups is 2. The summed E-state index contributed by atoms with van der Waals surface area (Å²) in [6.45, 7) is 0. The molecule has 0 saturated heterocycles. The molecule has 0 saturated carbocycles. The largest absolute Gasteiger partial charge is 0.426 e. The SMILES string of the molecule is O=C(CCC(O)(C(F)(F)F)C(F)(F)F)Nc1cc(NC(=O)CCC(O)(C(F)(F)F)C(F)(F)F)cc(S(=O)(=O)O)c1. The first-order chi connectivity index (χ1) is 17.5. The highest BCUT2D eigenvalue weighted by Crippen LogP contribution is 2.47. The summed E-state index contributed by atoms with van der Waals surface area (Å²) in [5.41, 5.74) is -12.4. The molecule has 1 aromatic rings. The minimum absolute atomic E-state index is 0.356. The molecule has 1 aromatic carbocycles. The number of nitrogens with one attached hydrogen (secondary N) is 2. The average Bonchev–Trinajstić information content (AvgIpc) is 2.71. The van der Waals surface area contributed by atoms with Crippen LogP contribution in [0.1, 0.15) is 25.7 Å². The number of aliphatic hydroxyl groups is 2. The van der Waals surface area contributed by atoms with E-state index in [1.54, 1.807) is 10.6 Å². The van der Waals surface area contributed by atoms with E-state index in [1.807, 2.05) is 0 Å². The van der Waals surface area contributed by atoms with Gasteiger partial charge in [-0.05, 0) is 18.2 Å². The fraction of sp³-hybridized carbons (Fsp3) is 0.556. The molecule has 40 heavy (non-hydrogen) atoms. The molecule has 0 aliphatic carbocycles. The van der Waals surface area contributed by atoms with Gasteiger partial charge in [-0.25, -0.2) is 0 Å². The molecule has 1 rings (SSSR count). The molecule has 5 N–H and O–H groups in total. The minimum atomic E-state index is -6.28. The van der Waals surface area contributed by atoms with Crippen LogP contribution in [0.4, 0.5) is 64.1 Å². The number of hydrogen-bond acceptors (Lipinski definition) is 6. The van der Waals surface area contributed by atoms with Crippen molar-refractivity contribution in [2.75, 3.05) is 10.6 Å². The molecular formula is C18H16F12N2O7S. The van der Waals surface area contributed by atoms with Crippen LogP contribution < -0.4 is 10.6 Å². The van der Waals surface area contributed by atoms with E-state index in [1.165, 1.54) is 0 Å². The van der Waals surface area contributed by atoms with Crippen molar-refractivity contribution in [1.29, 1.82) is 0 Å². The maximum absolute atomic E-state index is 12.7. The van der Waals surface area contributed by atoms with Gasteiger partial charge in [0.25, 0.3) is 21.3 Å². The van der Waals surface area contributed by atoms with E-state index in [4.69, 9.17) is 14.8 Å². The van der Waals surface area contributed by atoms with E-state index >= 15 is 0 Å². The topological polar surface area (TPSA) is 153 Å². The zero-order valence-corrected chi connectivity index (χ0v) is 19.8. The molecule has 0 bridgehead atoms. The maximum Gasteiger partial charge on any atom is 0.426 e. The van der Waals surface area contributed by atoms with E-state index in [9.17, 15) is 70.7 Å². The number of halogens is 12. The summed E-state index contributed by atoms with van der Waals surface area (Å²) in [5, 5.41) is 21.3. The molecule has 0 radical (unpaired) electrons. The molecule has 0 aliphatic rings. The fourth-order valence-corrected chi connectivity index (χ4v) is 3.37. The molecule has 9 nitrogen and oxygen atoms in total. The molecule has 2 amide bonds. The maximum atomic E-state index is 12.7. The fourth-order valence-electron chi connectivity index (χ4n) is 2.82. The van der Waals surface area contributed by atoms with E-state index in [0.29, 0.717) is 18.2 Å². The first-order valence-electron chi connectivity index (χ1n) is 9.99. The Hall–Kier alpha value is -2.85. The second-order valence-corrected chi connectivity index (χ2v) is 9.45. The van der Waals surface area contributed by atoms with Crippen LogP contribution in [-0.4, -0.2) is 70.9 Å². The number of carbonyl (C=O) groups excluding carboxylic acids is 2. The Labute approximate surface area is 214 Å². The Morgan fingerprint density at radius 1 is 0.625 bits per heavy atom. The number of hydrogen-bond donors (Lipinski definition) is 5. The van der Waals surface area contributed by atoms with Crippen molar-refractivity contribution < 1.29 is 85.5 Å². The van der Waals surface area contributed by atoms with Gasteiger partial charge in [0, 0.05) is 37.1 Å². The van der Waals surface area contributed by atoms with Crippen molar-refractivity contribution in [3.05, 3.63) is 18.2 Å². The Balaban J connectivity index is 3.18. The number of amides is 2. The first kappa shape index (κ1) is 35.2. The third kappa shape index (κ3) is 8.10. The number of anilines is 2. The van der Waals surface area contributed by atoms with Crippen molar-refractivity contribution >= 4 is 33.3 Å². The van der Waals surface area contributed by atoms with Gasteiger partial charge in [-0.2, -0.15) is 61.1 Å². The average molecular weight is 632 g/mol. The van der Waals surface area contributed by atoms with E-state index < -0.39 is 99.8 Å². The number of alkyl halides is 12. The number of rotatable bonds is 9. The molecule has 0 aliphatic heterocycles. The van der Waals surface area contributed by atoms with Gasteiger partial charge in [0.05, 0.1) is 4.90 Å². The van der Waals surface area contributed by atoms with Crippen LogP contribution >= 0.6 is 0 Å². The summed E-state index contributed by atoms with van der Waals surface area (Å²) < 4.78 is 185. The molecule has 0 aromatic heterocycles. The van der Waals surface area contributed by atoms with Gasteiger partial charge in [0.15, 0.2) is 0 Å². The van der Waals surface area contributed by atoms with Crippen LogP contribution in [0.2, 0.25) is 0 Å². The van der Waals surface area contributed by atoms with Crippen LogP contribution in [0.3, 0.4) is 0 Å². The van der Waals surface area contributed by atoms with Gasteiger partial charge in [-0.15, -0.1) is 0 Å². The highest BCUT2D eigenvalue weighted by Gasteiger charge is 2.70. The highest BCUT2D eigenvalue weighted by molar-refractivity contribution is 7.85. The van der Waals surface area contributed by atoms with Gasteiger partial charge in [0.1, 0.15) is 0 Å². The lowest BCUT2D eigenvalue weighted by Crippen LogP contribution is -2.57. The smallest absolute Gasteiger partial charge is 0.374 e. The summed E-state index contributed by atoms with van der Waals surface area (Å²) in [6.07, 6.45) is -33.0. The van der Waals surface area contributed by atoms with Crippen molar-refractivity contribution in [1.82, 2.24) is 0 Å². The van der Waals surface area contributed by atoms with E-state index in [0.717, 1.165) is 0 Å². The predicted octanol–water partition coefficient (Wildman–Crippen LogP) is 4.08. The zero-order valence-electron chi connectivity index (χ0n) is 19.0. The summed E-state index contributed by atoms with van der Waals surface area (Å²) in [5.74, 6) is -3.42. The lowest BCUT2D eigenvalue weighted by Gasteiger charge is -2.32. The molecule has 230 valence electrons. The Kier molecular flexibility index (Phi) is 9.85. The van der Waals surface area contributed by atoms with Gasteiger partial charge in [0.2, 0.25) is 11.8 Å². The lowest BCUT2D eigenvalue weighted by atomic mass is 9.96. The summed E-state index contributed by atoms with van der Waals surface area (Å²) in [6, 6.07) is 1.22. The molecule has 0 unspecified atom stereocenters. The van der Waals surface area contributed by atoms with E-state index in [2.05, 4.69) is 0 Å². The van der Waals surface area contributed by atoms with Crippen LogP contribution in [-0.2, 0) is 19.7 Å². The van der Waals surface area contributed by atoms with Crippen LogP contribution in [0.25, 0.3) is 0 Å². The third-order valence-corrected chi connectivity index (χ3v) is 5.91. The predicted molar refractivity (Wildman–Crippen MR) is 106 cm³/mol. The quantitative estimate of drug-likeness (QED) is 0.203. The van der Waals surface area contributed by atoms with Gasteiger partial charge in [-0.1, -0.05) is 0 Å². The molecule has 0 heterocycles. The summed E-state index contributed by atoms with van der Waals surface area (Å²) in [4.78, 5) is 22.6. The minimum Gasteiger partial charge on any atom is -0.374 e. The Bertz CT molecular complexity index is 1110. The van der Waals surface area contributed by atoms with Crippen molar-refractivity contribution in [3.8, 4) is 0 Å². The zero-order chi connectivity index (χ0) is 31.8. The first-order valence-corrected chi connectivity index (χ1v) is 11.4. The normalized spacial score (nSPS) is 14.2. The van der Waals surface area contributed by atoms with E-state index in [-0.39, 0.29) is 0 Å². The molecule has 0 fully saturated rings. The van der Waals surface area contributed by atoms with Crippen molar-refractivity contribution in [2.45, 2.75) is 66.5 Å². The Morgan fingerprint density at radius 3 is 1.12 bits per heavy atom. The van der Waals surface area contributed by atoms with Crippen LogP contribution in [0.5, 0.6) is 0 Å². The standard InChI is InChI=1S/C18H16F12N2O7S/c19-15(20,21)13(35,16(22,23)24)3-1-11(33)31-8-5-9(7-10(6-8)40(37,38)39)32-12(34)2-4-14(36,17(25,26)27)18(28,29)30/h5-7,35-36H,1-4H2,(H,31,33)(H,32,34)(H,37,38,39). The van der Waals surface area contributed by atoms with Crippen LogP contribution in [0.15, 0.2) is 23.1 Å². The lowest BCUT2D eigenvalue weighted by molar-refractivity contribution is -0.370. The van der Waals surface area contributed by atoms with Gasteiger partial charge >= 0.3 is 24.7 Å². The van der Waals surface area contributed by atoms with Crippen LogP contribution in [0, 0.1) is 0 Å². The summed E-state index contributed by atoms with van der Waals surface area (Å²) >= 11 is 0. The van der Waals surface area contributed by atoms with Crippen molar-refractivity contribution in [3.63, 3.8) is 0 Å². The summed E-state index contributed by atoms with van der Waals surface area (Å²) in [7, 11) is -5.25. The van der Waals surface area contributed by atoms with Crippen molar-refractivity contribution in [2.24, 2.45) is 0 Å². The molecule has 0 spiro atoms. The van der Waals surface area contributed by atoms with Gasteiger partial charge < -0.3 is 20.8 Å². The van der Waals surface area contributed by atoms with Gasteiger partial charge in [-0.3, -0.25) is 14.1 Å². The highest BCUT2D eigenvalue weighted by atomic mass is 32.2. The second-order valence-electron chi connectivity index (χ2n) is 8.03. The molecule has 22 heteroatoms.